The molecule has 276 valence electrons. The van der Waals surface area contributed by atoms with Crippen LogP contribution < -0.4 is 35.7 Å². The topological polar surface area (TPSA) is 181 Å². The van der Waals surface area contributed by atoms with Gasteiger partial charge in [-0.1, -0.05) is 23.7 Å². The number of hydrogen-bond donors (Lipinski definition) is 4. The minimum atomic E-state index is -4.00. The van der Waals surface area contributed by atoms with Crippen LogP contribution in [0.5, 0.6) is 23.0 Å². The van der Waals surface area contributed by atoms with E-state index in [4.69, 9.17) is 32.5 Å². The van der Waals surface area contributed by atoms with E-state index in [9.17, 15) is 32.3 Å². The maximum Gasteiger partial charge on any atom is 0.586 e. The number of rotatable bonds is 10. The molecule has 2 aliphatic heterocycles. The summed E-state index contributed by atoms with van der Waals surface area (Å²) in [6, 6.07) is 11.2. The number of pyridine rings is 1. The highest BCUT2D eigenvalue weighted by Gasteiger charge is 2.48. The molecule has 1 aliphatic carbocycles. The molecular formula is C36H30ClF4N5O7. The molecule has 3 aliphatic rings. The second kappa shape index (κ2) is 12.5. The zero-order chi connectivity index (χ0) is 38.1. The van der Waals surface area contributed by atoms with Crippen LogP contribution in [0.2, 0.25) is 5.02 Å². The highest BCUT2D eigenvalue weighted by molar-refractivity contribution is 6.35. The molecule has 53 heavy (non-hydrogen) atoms. The summed E-state index contributed by atoms with van der Waals surface area (Å²) >= 11 is 6.59. The van der Waals surface area contributed by atoms with E-state index in [0.717, 1.165) is 12.1 Å². The fourth-order valence-electron chi connectivity index (χ4n) is 6.00. The fourth-order valence-corrected chi connectivity index (χ4v) is 6.28. The molecule has 3 heterocycles. The summed E-state index contributed by atoms with van der Waals surface area (Å²) < 4.78 is 76.9. The SMILES string of the molecule is COc1cc(C(=O)NC[C@@](O)(c2ccc(F)cc2)c2cc3c(c(-c4ccc5c(c4Cl)OC(F)(F)O5)n2)OC[C@]3(C)C(N)=O)cc(/C=N/C2(F)CC2)c1N. The van der Waals surface area contributed by atoms with Gasteiger partial charge in [-0.25, -0.2) is 13.8 Å². The second-order valence-corrected chi connectivity index (χ2v) is 13.4. The molecule has 2 atom stereocenters. The molecular weight excluding hydrogens is 726 g/mol. The number of aromatic nitrogens is 1. The number of anilines is 1. The lowest BCUT2D eigenvalue weighted by molar-refractivity contribution is -0.286. The van der Waals surface area contributed by atoms with E-state index in [1.165, 1.54) is 62.7 Å². The van der Waals surface area contributed by atoms with Crippen LogP contribution in [-0.4, -0.2) is 60.5 Å². The molecule has 7 rings (SSSR count). The normalized spacial score (nSPS) is 20.0. The van der Waals surface area contributed by atoms with Crippen LogP contribution in [0.4, 0.5) is 23.2 Å². The molecule has 0 bridgehead atoms. The van der Waals surface area contributed by atoms with E-state index >= 15 is 0 Å². The number of nitrogens with zero attached hydrogens (tertiary/aromatic N) is 2. The maximum atomic E-state index is 14.3. The number of alkyl halides is 3. The second-order valence-electron chi connectivity index (χ2n) is 13.0. The van der Waals surface area contributed by atoms with Crippen LogP contribution in [0.1, 0.15) is 52.5 Å². The Morgan fingerprint density at radius 1 is 1.11 bits per heavy atom. The molecule has 3 aromatic carbocycles. The lowest BCUT2D eigenvalue weighted by Crippen LogP contribution is -2.43. The molecule has 17 heteroatoms. The summed E-state index contributed by atoms with van der Waals surface area (Å²) in [5, 5.41) is 14.9. The van der Waals surface area contributed by atoms with Crippen molar-refractivity contribution in [3.63, 3.8) is 0 Å². The van der Waals surface area contributed by atoms with Gasteiger partial charge in [0.15, 0.2) is 17.3 Å². The van der Waals surface area contributed by atoms with Gasteiger partial charge in [0.1, 0.15) is 40.6 Å². The first kappa shape index (κ1) is 35.8. The quantitative estimate of drug-likeness (QED) is 0.0739. The van der Waals surface area contributed by atoms with Gasteiger partial charge in [0.2, 0.25) is 5.91 Å². The number of halogens is 5. The van der Waals surface area contributed by atoms with Crippen LogP contribution in [0.3, 0.4) is 0 Å². The van der Waals surface area contributed by atoms with Crippen molar-refractivity contribution < 1.29 is 51.2 Å². The Hall–Kier alpha value is -5.61. The molecule has 1 saturated carbocycles. The number of primary amides is 1. The number of benzene rings is 3. The number of aliphatic imine (C=N–C) groups is 1. The lowest BCUT2D eigenvalue weighted by atomic mass is 9.80. The average molecular weight is 756 g/mol. The van der Waals surface area contributed by atoms with Crippen LogP contribution in [0, 0.1) is 5.82 Å². The molecule has 2 amide bonds. The van der Waals surface area contributed by atoms with Crippen LogP contribution in [-0.2, 0) is 15.8 Å². The summed E-state index contributed by atoms with van der Waals surface area (Å²) in [4.78, 5) is 35.1. The first-order valence-electron chi connectivity index (χ1n) is 16.0. The summed E-state index contributed by atoms with van der Waals surface area (Å²) in [5.74, 6) is -4.60. The number of hydrogen-bond acceptors (Lipinski definition) is 10. The van der Waals surface area contributed by atoms with Crippen LogP contribution in [0.25, 0.3) is 11.3 Å². The predicted octanol–water partition coefficient (Wildman–Crippen LogP) is 5.13. The molecule has 1 aromatic heterocycles. The van der Waals surface area contributed by atoms with E-state index < -0.39 is 53.0 Å². The minimum Gasteiger partial charge on any atom is -0.495 e. The Morgan fingerprint density at radius 2 is 1.83 bits per heavy atom. The number of carbonyl (C=O) groups excluding carboxylic acids is 2. The minimum absolute atomic E-state index is 0.00362. The van der Waals surface area contributed by atoms with E-state index in [2.05, 4.69) is 24.8 Å². The van der Waals surface area contributed by atoms with Gasteiger partial charge in [0.05, 0.1) is 30.1 Å². The van der Waals surface area contributed by atoms with E-state index in [0.29, 0.717) is 0 Å². The zero-order valence-electron chi connectivity index (χ0n) is 27.9. The maximum absolute atomic E-state index is 14.3. The smallest absolute Gasteiger partial charge is 0.495 e. The third kappa shape index (κ3) is 6.31. The monoisotopic (exact) mass is 755 g/mol. The van der Waals surface area contributed by atoms with Crippen molar-refractivity contribution in [2.45, 2.75) is 42.9 Å². The summed E-state index contributed by atoms with van der Waals surface area (Å²) in [6.07, 6.45) is -2.28. The van der Waals surface area contributed by atoms with E-state index in [-0.39, 0.29) is 86.6 Å². The molecule has 0 saturated heterocycles. The molecule has 6 N–H and O–H groups in total. The predicted molar refractivity (Wildman–Crippen MR) is 183 cm³/mol. The Bertz CT molecular complexity index is 2220. The summed E-state index contributed by atoms with van der Waals surface area (Å²) in [5.41, 5.74) is 8.45. The van der Waals surface area contributed by atoms with Gasteiger partial charge >= 0.3 is 6.29 Å². The van der Waals surface area contributed by atoms with E-state index in [1.807, 2.05) is 0 Å². The number of nitrogen functional groups attached to an aromatic ring is 1. The van der Waals surface area contributed by atoms with E-state index in [1.54, 1.807) is 0 Å². The number of aliphatic hydroxyl groups is 1. The average Bonchev–Trinajstić information content (AvgIpc) is 3.62. The van der Waals surface area contributed by atoms with Gasteiger partial charge in [0.25, 0.3) is 5.91 Å². The number of ether oxygens (including phenoxy) is 4. The van der Waals surface area contributed by atoms with Gasteiger partial charge in [-0.3, -0.25) is 14.6 Å². The molecule has 0 radical (unpaired) electrons. The van der Waals surface area contributed by atoms with Crippen molar-refractivity contribution in [2.75, 3.05) is 26.0 Å². The number of amides is 2. The highest BCUT2D eigenvalue weighted by Crippen LogP contribution is 2.53. The molecule has 0 spiro atoms. The standard InChI is InChI=1S/C36H30ClF4N5O7/c1-33(32(43)48)16-51-29-22(33)13-25(46-28(29)21-7-8-23-30(26(21)37)53-36(40,41)52-23)35(49,19-3-5-20(38)6-4-19)15-44-31(47)17-11-18(14-45-34(39)9-10-34)27(42)24(12-17)50-2/h3-8,11-14,49H,9-10,15-16,42H2,1-2H3,(H2,43,48)(H,44,47)/b45-14+/t33-,35+/m0/s1. The molecule has 0 unspecified atom stereocenters. The Balaban J connectivity index is 1.34. The third-order valence-electron chi connectivity index (χ3n) is 9.39. The van der Waals surface area contributed by atoms with Gasteiger partial charge < -0.3 is 40.8 Å². The first-order chi connectivity index (χ1) is 25.0. The number of fused-ring (bicyclic) bond motifs is 2. The highest BCUT2D eigenvalue weighted by atomic mass is 35.5. The Morgan fingerprint density at radius 3 is 2.49 bits per heavy atom. The van der Waals surface area contributed by atoms with Gasteiger partial charge in [-0.2, -0.15) is 0 Å². The van der Waals surface area contributed by atoms with Crippen molar-refractivity contribution in [3.8, 4) is 34.3 Å². The Labute approximate surface area is 303 Å². The summed E-state index contributed by atoms with van der Waals surface area (Å²) in [6.45, 7) is 0.635. The number of nitrogens with two attached hydrogens (primary N) is 2. The van der Waals surface area contributed by atoms with Crippen molar-refractivity contribution in [1.29, 1.82) is 0 Å². The van der Waals surface area contributed by atoms with Gasteiger partial charge in [-0.05, 0) is 55.0 Å². The van der Waals surface area contributed by atoms with Crippen LogP contribution >= 0.6 is 11.6 Å². The van der Waals surface area contributed by atoms with Crippen molar-refractivity contribution in [3.05, 3.63) is 93.4 Å². The number of carbonyl (C=O) groups is 2. The van der Waals surface area contributed by atoms with Crippen molar-refractivity contribution in [2.24, 2.45) is 10.7 Å². The van der Waals surface area contributed by atoms with Gasteiger partial charge in [-0.15, -0.1) is 8.78 Å². The number of methoxy groups -OCH3 is 1. The third-order valence-corrected chi connectivity index (χ3v) is 9.76. The molecule has 1 fully saturated rings. The molecule has 12 nitrogen and oxygen atoms in total. The number of nitrogens with one attached hydrogen (secondary N) is 1. The van der Waals surface area contributed by atoms with Crippen LogP contribution in [0.15, 0.2) is 59.6 Å². The van der Waals surface area contributed by atoms with Crippen molar-refractivity contribution >= 4 is 35.3 Å². The Kier molecular flexibility index (Phi) is 8.45. The fraction of sp³-hybridized carbons (Fsp3) is 0.278. The van der Waals surface area contributed by atoms with Crippen molar-refractivity contribution in [1.82, 2.24) is 10.3 Å². The summed E-state index contributed by atoms with van der Waals surface area (Å²) in [7, 11) is 1.33. The lowest BCUT2D eigenvalue weighted by Gasteiger charge is -2.30. The first-order valence-corrected chi connectivity index (χ1v) is 16.4. The van der Waals surface area contributed by atoms with Gasteiger partial charge in [0, 0.05) is 41.3 Å². The molecule has 4 aromatic rings. The zero-order valence-corrected chi connectivity index (χ0v) is 28.7. The largest absolute Gasteiger partial charge is 0.586 e.